The van der Waals surface area contributed by atoms with Gasteiger partial charge in [0.15, 0.2) is 0 Å². The average Bonchev–Trinajstić information content (AvgIpc) is 2.44. The molecule has 100 valence electrons. The second-order valence-corrected chi connectivity index (χ2v) is 5.24. The first-order valence-corrected chi connectivity index (χ1v) is 6.91. The molecule has 0 saturated heterocycles. The summed E-state index contributed by atoms with van der Waals surface area (Å²) >= 11 is 0. The molecule has 3 aromatic rings. The first-order chi connectivity index (χ1) is 9.70. The van der Waals surface area contributed by atoms with E-state index in [-0.39, 0.29) is 0 Å². The number of nitrogen functional groups attached to an aromatic ring is 1. The summed E-state index contributed by atoms with van der Waals surface area (Å²) in [4.78, 5) is 4.39. The fourth-order valence-electron chi connectivity index (χ4n) is 2.56. The van der Waals surface area contributed by atoms with Crippen molar-refractivity contribution in [1.82, 2.24) is 4.98 Å². The Morgan fingerprint density at radius 1 is 0.900 bits per heavy atom. The summed E-state index contributed by atoms with van der Waals surface area (Å²) < 4.78 is 0. The van der Waals surface area contributed by atoms with Crippen molar-refractivity contribution in [2.75, 3.05) is 5.73 Å². The van der Waals surface area contributed by atoms with Gasteiger partial charge in [-0.05, 0) is 53.8 Å². The van der Waals surface area contributed by atoms with Gasteiger partial charge in [0.05, 0.1) is 0 Å². The van der Waals surface area contributed by atoms with E-state index in [0.717, 1.165) is 18.5 Å². The third-order valence-electron chi connectivity index (χ3n) is 3.53. The van der Waals surface area contributed by atoms with Crippen LogP contribution in [-0.4, -0.2) is 4.98 Å². The zero-order valence-electron chi connectivity index (χ0n) is 11.6. The van der Waals surface area contributed by atoms with E-state index in [4.69, 9.17) is 5.73 Å². The first-order valence-electron chi connectivity index (χ1n) is 6.91. The second kappa shape index (κ2) is 5.33. The number of fused-ring (bicyclic) bond motifs is 1. The summed E-state index contributed by atoms with van der Waals surface area (Å²) in [5.74, 6) is 0.610. The molecule has 0 aliphatic rings. The zero-order valence-corrected chi connectivity index (χ0v) is 11.6. The summed E-state index contributed by atoms with van der Waals surface area (Å²) in [6.07, 6.45) is 1.91. The van der Waals surface area contributed by atoms with E-state index < -0.39 is 0 Å². The number of pyridine rings is 1. The van der Waals surface area contributed by atoms with Gasteiger partial charge in [0.25, 0.3) is 0 Å². The second-order valence-electron chi connectivity index (χ2n) is 5.24. The lowest BCUT2D eigenvalue weighted by molar-refractivity contribution is 0.915. The van der Waals surface area contributed by atoms with Crippen molar-refractivity contribution < 1.29 is 0 Å². The lowest BCUT2D eigenvalue weighted by atomic mass is 10.0. The van der Waals surface area contributed by atoms with Crippen molar-refractivity contribution in [2.45, 2.75) is 19.8 Å². The summed E-state index contributed by atoms with van der Waals surface area (Å²) in [6.45, 7) is 2.05. The quantitative estimate of drug-likeness (QED) is 0.777. The Kier molecular flexibility index (Phi) is 3.38. The molecule has 0 spiro atoms. The van der Waals surface area contributed by atoms with Gasteiger partial charge in [-0.2, -0.15) is 0 Å². The normalized spacial score (nSPS) is 10.8. The fraction of sp³-hybridized carbons (Fsp3) is 0.167. The highest BCUT2D eigenvalue weighted by Crippen LogP contribution is 2.17. The number of anilines is 1. The van der Waals surface area contributed by atoms with Crippen molar-refractivity contribution in [1.29, 1.82) is 0 Å². The Bertz CT molecular complexity index is 727. The molecular formula is C18H18N2. The van der Waals surface area contributed by atoms with Gasteiger partial charge in [-0.3, -0.25) is 0 Å². The highest BCUT2D eigenvalue weighted by Gasteiger charge is 2.01. The number of nitrogens with zero attached hydrogens (tertiary/aromatic N) is 1. The smallest absolute Gasteiger partial charge is 0.123 e. The van der Waals surface area contributed by atoms with E-state index in [0.29, 0.717) is 5.82 Å². The molecule has 0 unspecified atom stereocenters. The maximum atomic E-state index is 5.79. The molecule has 0 aliphatic carbocycles. The van der Waals surface area contributed by atoms with E-state index in [1.165, 1.54) is 21.9 Å². The topological polar surface area (TPSA) is 38.9 Å². The standard InChI is InChI=1S/C18H18N2/c1-13-10-17(20-18(19)11-13)9-7-14-6-8-15-4-2-3-5-16(15)12-14/h2-6,8,10-12H,7,9H2,1H3,(H2,19,20). The maximum Gasteiger partial charge on any atom is 0.123 e. The van der Waals surface area contributed by atoms with Crippen LogP contribution in [0.2, 0.25) is 0 Å². The number of hydrogen-bond donors (Lipinski definition) is 1. The van der Waals surface area contributed by atoms with Gasteiger partial charge in [0, 0.05) is 5.69 Å². The molecule has 20 heavy (non-hydrogen) atoms. The molecule has 3 rings (SSSR count). The predicted octanol–water partition coefficient (Wildman–Crippen LogP) is 3.91. The summed E-state index contributed by atoms with van der Waals surface area (Å²) in [6, 6.07) is 19.1. The van der Waals surface area contributed by atoms with E-state index in [2.05, 4.69) is 60.4 Å². The fourth-order valence-corrected chi connectivity index (χ4v) is 2.56. The monoisotopic (exact) mass is 262 g/mol. The van der Waals surface area contributed by atoms with Crippen LogP contribution in [0.4, 0.5) is 5.82 Å². The number of benzene rings is 2. The van der Waals surface area contributed by atoms with Crippen LogP contribution < -0.4 is 5.73 Å². The van der Waals surface area contributed by atoms with Crippen molar-refractivity contribution in [2.24, 2.45) is 0 Å². The van der Waals surface area contributed by atoms with Crippen LogP contribution in [0.5, 0.6) is 0 Å². The molecule has 2 aromatic carbocycles. The Morgan fingerprint density at radius 3 is 2.50 bits per heavy atom. The average molecular weight is 262 g/mol. The molecule has 0 saturated carbocycles. The van der Waals surface area contributed by atoms with Gasteiger partial charge >= 0.3 is 0 Å². The lowest BCUT2D eigenvalue weighted by Gasteiger charge is -2.06. The SMILES string of the molecule is Cc1cc(N)nc(CCc2ccc3ccccc3c2)c1. The molecule has 2 N–H and O–H groups in total. The molecule has 0 bridgehead atoms. The number of rotatable bonds is 3. The molecule has 1 heterocycles. The zero-order chi connectivity index (χ0) is 13.9. The molecule has 1 aromatic heterocycles. The molecular weight excluding hydrogens is 244 g/mol. The maximum absolute atomic E-state index is 5.79. The van der Waals surface area contributed by atoms with Crippen LogP contribution in [-0.2, 0) is 12.8 Å². The number of aryl methyl sites for hydroxylation is 3. The molecule has 2 nitrogen and oxygen atoms in total. The molecule has 0 atom stereocenters. The number of hydrogen-bond acceptors (Lipinski definition) is 2. The number of aromatic nitrogens is 1. The Hall–Kier alpha value is -2.35. The third kappa shape index (κ3) is 2.80. The van der Waals surface area contributed by atoms with Gasteiger partial charge in [-0.25, -0.2) is 4.98 Å². The van der Waals surface area contributed by atoms with E-state index in [9.17, 15) is 0 Å². The largest absolute Gasteiger partial charge is 0.384 e. The minimum Gasteiger partial charge on any atom is -0.384 e. The van der Waals surface area contributed by atoms with Crippen LogP contribution in [0.1, 0.15) is 16.8 Å². The minimum atomic E-state index is 0.610. The van der Waals surface area contributed by atoms with Gasteiger partial charge in [0.1, 0.15) is 5.82 Å². The van der Waals surface area contributed by atoms with Crippen LogP contribution in [0.25, 0.3) is 10.8 Å². The first kappa shape index (κ1) is 12.7. The highest BCUT2D eigenvalue weighted by molar-refractivity contribution is 5.82. The molecule has 2 heteroatoms. The van der Waals surface area contributed by atoms with Gasteiger partial charge < -0.3 is 5.73 Å². The van der Waals surface area contributed by atoms with E-state index in [1.807, 2.05) is 6.07 Å². The van der Waals surface area contributed by atoms with Crippen LogP contribution >= 0.6 is 0 Å². The van der Waals surface area contributed by atoms with Gasteiger partial charge in [0.2, 0.25) is 0 Å². The highest BCUT2D eigenvalue weighted by atomic mass is 14.8. The van der Waals surface area contributed by atoms with Crippen LogP contribution in [0.3, 0.4) is 0 Å². The summed E-state index contributed by atoms with van der Waals surface area (Å²) in [5.41, 5.74) is 9.37. The molecule has 0 aliphatic heterocycles. The van der Waals surface area contributed by atoms with Crippen molar-refractivity contribution in [3.05, 3.63) is 71.4 Å². The third-order valence-corrected chi connectivity index (χ3v) is 3.53. The Morgan fingerprint density at radius 2 is 1.70 bits per heavy atom. The van der Waals surface area contributed by atoms with Crippen LogP contribution in [0.15, 0.2) is 54.6 Å². The minimum absolute atomic E-state index is 0.610. The van der Waals surface area contributed by atoms with Gasteiger partial charge in [-0.15, -0.1) is 0 Å². The molecule has 0 amide bonds. The van der Waals surface area contributed by atoms with Crippen molar-refractivity contribution in [3.8, 4) is 0 Å². The molecule has 0 radical (unpaired) electrons. The van der Waals surface area contributed by atoms with E-state index >= 15 is 0 Å². The van der Waals surface area contributed by atoms with Crippen molar-refractivity contribution >= 4 is 16.6 Å². The summed E-state index contributed by atoms with van der Waals surface area (Å²) in [7, 11) is 0. The lowest BCUT2D eigenvalue weighted by Crippen LogP contribution is -1.99. The van der Waals surface area contributed by atoms with Crippen LogP contribution in [0, 0.1) is 6.92 Å². The Labute approximate surface area is 119 Å². The van der Waals surface area contributed by atoms with Gasteiger partial charge in [-0.1, -0.05) is 42.5 Å². The Balaban J connectivity index is 1.79. The van der Waals surface area contributed by atoms with E-state index in [1.54, 1.807) is 0 Å². The predicted molar refractivity (Wildman–Crippen MR) is 84.7 cm³/mol. The summed E-state index contributed by atoms with van der Waals surface area (Å²) in [5, 5.41) is 2.58. The number of nitrogens with two attached hydrogens (primary N) is 1. The van der Waals surface area contributed by atoms with Crippen molar-refractivity contribution in [3.63, 3.8) is 0 Å². The molecule has 0 fully saturated rings.